The number of thiophene rings is 1. The van der Waals surface area contributed by atoms with Gasteiger partial charge in [-0.15, -0.1) is 11.3 Å². The Kier molecular flexibility index (Phi) is 6.52. The molecule has 0 saturated carbocycles. The minimum absolute atomic E-state index is 0.0203. The molecule has 0 unspecified atom stereocenters. The monoisotopic (exact) mass is 816 g/mol. The lowest BCUT2D eigenvalue weighted by Crippen LogP contribution is -2.60. The summed E-state index contributed by atoms with van der Waals surface area (Å²) in [4.78, 5) is 2.66. The average molecular weight is 817 g/mol. The third-order valence-corrected chi connectivity index (χ3v) is 15.2. The van der Waals surface area contributed by atoms with Gasteiger partial charge in [0.2, 0.25) is 0 Å². The van der Waals surface area contributed by atoms with Crippen LogP contribution in [0.3, 0.4) is 0 Å². The minimum Gasteiger partial charge on any atom is -0.456 e. The summed E-state index contributed by atoms with van der Waals surface area (Å²) in [5.41, 5.74) is 17.2. The molecular weight excluding hydrogens is 776 g/mol. The van der Waals surface area contributed by atoms with Crippen LogP contribution in [0.25, 0.3) is 103 Å². The Morgan fingerprint density at radius 2 is 1.21 bits per heavy atom. The molecule has 0 radical (unpaired) electrons. The highest BCUT2D eigenvalue weighted by atomic mass is 32.1. The first-order chi connectivity index (χ1) is 30.0. The Morgan fingerprint density at radius 3 is 1.98 bits per heavy atom. The van der Waals surface area contributed by atoms with Gasteiger partial charge >= 0.3 is 6.85 Å². The van der Waals surface area contributed by atoms with Gasteiger partial charge in [0.05, 0.1) is 16.4 Å². The maximum absolute atomic E-state index is 7.21. The van der Waals surface area contributed by atoms with Crippen LogP contribution in [-0.4, -0.2) is 11.4 Å². The number of rotatable bonds is 1. The van der Waals surface area contributed by atoms with Crippen LogP contribution in [-0.2, 0) is 10.8 Å². The standard InChI is InChI=1S/C56H41BN2O2S/c1-55(2,3)30-19-22-32(23-20-30)59-42-29-48-37(34-14-9-12-18-47(34)62-48)26-39(42)49-50-35-15-8-11-17-45(35)61-54(50)51-38-25-31(56(4,5)6)21-24-41(38)58-43-28-46-36(33-13-7-10-16-44(33)60-46)27-40(43)57(59)52(49)53(51)58/h7-29H,1-6H3. The number of benzene rings is 8. The third kappa shape index (κ3) is 4.42. The number of nitrogens with zero attached hydrogens (tertiary/aromatic N) is 2. The summed E-state index contributed by atoms with van der Waals surface area (Å²) >= 11 is 1.88. The highest BCUT2D eigenvalue weighted by Crippen LogP contribution is 2.53. The Morgan fingerprint density at radius 1 is 0.516 bits per heavy atom. The molecule has 62 heavy (non-hydrogen) atoms. The SMILES string of the molecule is CC(C)(C)c1ccc(N2B3c4cc5c(cc4-n4c6ccc(C(C)(C)C)cc6c6c7oc8ccccc8c7c(c3c64)-c3cc4c(cc32)sc2ccccc24)oc2ccccc25)cc1. The van der Waals surface area contributed by atoms with Crippen LogP contribution in [0.4, 0.5) is 11.4 Å². The molecule has 6 heteroatoms. The number of fused-ring (bicyclic) bond motifs is 19. The highest BCUT2D eigenvalue weighted by molar-refractivity contribution is 7.25. The predicted octanol–water partition coefficient (Wildman–Crippen LogP) is 14.8. The molecule has 12 aromatic rings. The maximum Gasteiger partial charge on any atom is 0.333 e. The molecule has 8 aromatic carbocycles. The second kappa shape index (κ2) is 11.6. The van der Waals surface area contributed by atoms with Crippen molar-refractivity contribution in [3.8, 4) is 16.8 Å². The van der Waals surface area contributed by atoms with Gasteiger partial charge in [0.15, 0.2) is 0 Å². The first kappa shape index (κ1) is 34.9. The van der Waals surface area contributed by atoms with Crippen molar-refractivity contribution in [2.45, 2.75) is 52.4 Å². The van der Waals surface area contributed by atoms with Gasteiger partial charge in [-0.25, -0.2) is 0 Å². The normalized spacial score (nSPS) is 13.9. The van der Waals surface area contributed by atoms with E-state index in [0.29, 0.717) is 0 Å². The van der Waals surface area contributed by atoms with E-state index in [1.165, 1.54) is 91.9 Å². The topological polar surface area (TPSA) is 34.5 Å². The highest BCUT2D eigenvalue weighted by Gasteiger charge is 2.46. The Hall–Kier alpha value is -6.76. The van der Waals surface area contributed by atoms with E-state index in [-0.39, 0.29) is 17.7 Å². The number of anilines is 2. The van der Waals surface area contributed by atoms with Gasteiger partial charge in [0.1, 0.15) is 22.3 Å². The number of para-hydroxylation sites is 2. The number of aromatic nitrogens is 1. The van der Waals surface area contributed by atoms with Crippen LogP contribution in [0.1, 0.15) is 52.7 Å². The molecule has 14 rings (SSSR count). The van der Waals surface area contributed by atoms with Crippen molar-refractivity contribution in [3.63, 3.8) is 0 Å². The molecule has 0 atom stereocenters. The minimum atomic E-state index is -0.169. The Labute approximate surface area is 362 Å². The van der Waals surface area contributed by atoms with Crippen molar-refractivity contribution in [3.05, 3.63) is 151 Å². The summed E-state index contributed by atoms with van der Waals surface area (Å²) in [6, 6.07) is 52.3. The lowest BCUT2D eigenvalue weighted by molar-refractivity contribution is 0.590. The molecule has 0 fully saturated rings. The lowest BCUT2D eigenvalue weighted by atomic mass is 9.43. The van der Waals surface area contributed by atoms with Gasteiger partial charge in [-0.2, -0.15) is 0 Å². The molecule has 0 spiro atoms. The summed E-state index contributed by atoms with van der Waals surface area (Å²) in [6.45, 7) is 13.6. The van der Waals surface area contributed by atoms with E-state index in [1.54, 1.807) is 0 Å². The summed E-state index contributed by atoms with van der Waals surface area (Å²) < 4.78 is 19.1. The van der Waals surface area contributed by atoms with Crippen molar-refractivity contribution >= 4 is 126 Å². The van der Waals surface area contributed by atoms with E-state index >= 15 is 0 Å². The largest absolute Gasteiger partial charge is 0.456 e. The summed E-state index contributed by atoms with van der Waals surface area (Å²) in [5, 5.41) is 9.57. The van der Waals surface area contributed by atoms with Gasteiger partial charge < -0.3 is 18.2 Å². The van der Waals surface area contributed by atoms with Crippen LogP contribution in [0.2, 0.25) is 0 Å². The van der Waals surface area contributed by atoms with Crippen molar-refractivity contribution in [2.75, 3.05) is 4.81 Å². The first-order valence-corrected chi connectivity index (χ1v) is 22.6. The summed E-state index contributed by atoms with van der Waals surface area (Å²) in [6.07, 6.45) is 0. The molecule has 4 aromatic heterocycles. The Balaban J connectivity index is 1.24. The van der Waals surface area contributed by atoms with Crippen molar-refractivity contribution in [1.82, 2.24) is 4.57 Å². The quantitative estimate of drug-likeness (QED) is 0.155. The molecule has 6 heterocycles. The lowest BCUT2D eigenvalue weighted by Gasteiger charge is -2.42. The van der Waals surface area contributed by atoms with E-state index in [1.807, 2.05) is 11.3 Å². The molecule has 0 N–H and O–H groups in total. The molecule has 0 bridgehead atoms. The number of furan rings is 2. The van der Waals surface area contributed by atoms with E-state index in [2.05, 4.69) is 190 Å². The van der Waals surface area contributed by atoms with Crippen LogP contribution >= 0.6 is 11.3 Å². The fraction of sp³-hybridized carbons (Fsp3) is 0.143. The second-order valence-corrected chi connectivity index (χ2v) is 20.8. The number of hydrogen-bond acceptors (Lipinski definition) is 4. The zero-order valence-electron chi connectivity index (χ0n) is 35.5. The van der Waals surface area contributed by atoms with Gasteiger partial charge in [-0.05, 0) is 93.0 Å². The van der Waals surface area contributed by atoms with Crippen LogP contribution in [0.5, 0.6) is 0 Å². The third-order valence-electron chi connectivity index (χ3n) is 14.1. The zero-order valence-corrected chi connectivity index (χ0v) is 36.3. The van der Waals surface area contributed by atoms with Crippen LogP contribution < -0.4 is 15.7 Å². The van der Waals surface area contributed by atoms with Crippen molar-refractivity contribution in [1.29, 1.82) is 0 Å². The molecule has 0 saturated heterocycles. The molecule has 2 aliphatic rings. The van der Waals surface area contributed by atoms with Crippen LogP contribution in [0.15, 0.2) is 148 Å². The molecule has 4 nitrogen and oxygen atoms in total. The van der Waals surface area contributed by atoms with Gasteiger partial charge in [0, 0.05) is 75.8 Å². The van der Waals surface area contributed by atoms with E-state index in [4.69, 9.17) is 8.83 Å². The second-order valence-electron chi connectivity index (χ2n) is 19.7. The molecule has 0 amide bonds. The van der Waals surface area contributed by atoms with Crippen molar-refractivity contribution in [2.24, 2.45) is 0 Å². The number of hydrogen-bond donors (Lipinski definition) is 0. The molecule has 296 valence electrons. The smallest absolute Gasteiger partial charge is 0.333 e. The van der Waals surface area contributed by atoms with Gasteiger partial charge in [0.25, 0.3) is 0 Å². The fourth-order valence-electron chi connectivity index (χ4n) is 11.1. The van der Waals surface area contributed by atoms with Gasteiger partial charge in [-0.3, -0.25) is 0 Å². The average Bonchev–Trinajstić information content (AvgIpc) is 4.02. The Bertz CT molecular complexity index is 3960. The summed E-state index contributed by atoms with van der Waals surface area (Å²) in [7, 11) is 0. The summed E-state index contributed by atoms with van der Waals surface area (Å²) in [5.74, 6) is 0. The van der Waals surface area contributed by atoms with Crippen molar-refractivity contribution < 1.29 is 8.83 Å². The predicted molar refractivity (Wildman–Crippen MR) is 265 cm³/mol. The van der Waals surface area contributed by atoms with E-state index < -0.39 is 0 Å². The first-order valence-electron chi connectivity index (χ1n) is 21.8. The van der Waals surface area contributed by atoms with Crippen LogP contribution in [0, 0.1) is 0 Å². The molecule has 2 aliphatic heterocycles. The van der Waals surface area contributed by atoms with Gasteiger partial charge in [-0.1, -0.05) is 120 Å². The molecular formula is C56H41BN2O2S. The van der Waals surface area contributed by atoms with E-state index in [0.717, 1.165) is 44.2 Å². The molecule has 0 aliphatic carbocycles. The fourth-order valence-corrected chi connectivity index (χ4v) is 12.2. The maximum atomic E-state index is 7.21. The van der Waals surface area contributed by atoms with E-state index in [9.17, 15) is 0 Å². The zero-order chi connectivity index (χ0) is 41.6.